The van der Waals surface area contributed by atoms with E-state index in [1.165, 1.54) is 17.1 Å². The number of amides is 1. The predicted molar refractivity (Wildman–Crippen MR) is 99.5 cm³/mol. The Kier molecular flexibility index (Phi) is 6.38. The van der Waals surface area contributed by atoms with Gasteiger partial charge in [-0.1, -0.05) is 17.7 Å². The summed E-state index contributed by atoms with van der Waals surface area (Å²) in [5.74, 6) is -0.0228. The van der Waals surface area contributed by atoms with Crippen LogP contribution >= 0.6 is 0 Å². The zero-order chi connectivity index (χ0) is 21.8. The number of alkyl halides is 4. The third kappa shape index (κ3) is 5.16. The summed E-state index contributed by atoms with van der Waals surface area (Å²) in [4.78, 5) is 12.1. The van der Waals surface area contributed by atoms with Crippen LogP contribution in [-0.2, 0) is 18.1 Å². The highest BCUT2D eigenvalue weighted by molar-refractivity contribution is 5.90. The van der Waals surface area contributed by atoms with Crippen molar-refractivity contribution in [1.29, 1.82) is 0 Å². The molecule has 0 aliphatic heterocycles. The lowest BCUT2D eigenvalue weighted by Crippen LogP contribution is -2.21. The molecule has 1 N–H and O–H groups in total. The normalized spacial score (nSPS) is 11.3. The van der Waals surface area contributed by atoms with Crippen molar-refractivity contribution in [2.24, 2.45) is 0 Å². The average Bonchev–Trinajstić information content (AvgIpc) is 3.28. The van der Waals surface area contributed by atoms with Crippen LogP contribution in [0.3, 0.4) is 0 Å². The first-order chi connectivity index (χ1) is 14.2. The second-order valence-electron chi connectivity index (χ2n) is 6.61. The number of halogens is 4. The molecule has 1 aromatic carbocycles. The Morgan fingerprint density at radius 2 is 1.93 bits per heavy atom. The minimum Gasteiger partial charge on any atom is -0.471 e. The van der Waals surface area contributed by atoms with Gasteiger partial charge in [0.05, 0.1) is 18.1 Å². The number of benzene rings is 1. The molecule has 0 fully saturated rings. The average molecular weight is 425 g/mol. The smallest absolute Gasteiger partial charge is 0.282 e. The Bertz CT molecular complexity index is 1030. The number of nitrogens with one attached hydrogen (secondary N) is 1. The molecule has 11 heteroatoms. The summed E-state index contributed by atoms with van der Waals surface area (Å²) in [6.07, 6.45) is -3.21. The second-order valence-corrected chi connectivity index (χ2v) is 6.61. The van der Waals surface area contributed by atoms with Gasteiger partial charge in [-0.05, 0) is 31.5 Å². The van der Waals surface area contributed by atoms with Gasteiger partial charge in [-0.2, -0.15) is 10.2 Å². The van der Waals surface area contributed by atoms with E-state index in [1.54, 1.807) is 0 Å². The maximum atomic E-state index is 13.0. The molecule has 0 saturated heterocycles. The van der Waals surface area contributed by atoms with E-state index >= 15 is 0 Å². The summed E-state index contributed by atoms with van der Waals surface area (Å²) in [5, 5.41) is 9.89. The zero-order valence-corrected chi connectivity index (χ0v) is 16.2. The van der Waals surface area contributed by atoms with E-state index in [1.807, 2.05) is 32.0 Å². The number of nitrogens with zero attached hydrogens (tertiary/aromatic N) is 4. The number of carbonyl (C=O) groups excluding carboxylic acids is 1. The first-order valence-electron chi connectivity index (χ1n) is 8.89. The molecule has 0 saturated carbocycles. The van der Waals surface area contributed by atoms with Crippen LogP contribution in [0, 0.1) is 13.8 Å². The van der Waals surface area contributed by atoms with Crippen molar-refractivity contribution >= 4 is 11.6 Å². The highest BCUT2D eigenvalue weighted by Gasteiger charge is 2.22. The van der Waals surface area contributed by atoms with E-state index in [-0.39, 0.29) is 6.73 Å². The molecule has 30 heavy (non-hydrogen) atoms. The van der Waals surface area contributed by atoms with Crippen LogP contribution < -0.4 is 10.1 Å². The number of carbonyl (C=O) groups is 1. The summed E-state index contributed by atoms with van der Waals surface area (Å²) in [5.41, 5.74) is 0.807. The molecular formula is C19H19F4N5O2. The molecule has 0 atom stereocenters. The van der Waals surface area contributed by atoms with Gasteiger partial charge in [0.1, 0.15) is 23.7 Å². The van der Waals surface area contributed by atoms with E-state index in [0.717, 1.165) is 11.1 Å². The summed E-state index contributed by atoms with van der Waals surface area (Å²) < 4.78 is 59.1. The van der Waals surface area contributed by atoms with E-state index in [4.69, 9.17) is 4.74 Å². The van der Waals surface area contributed by atoms with Gasteiger partial charge < -0.3 is 10.1 Å². The second kappa shape index (κ2) is 8.97. The van der Waals surface area contributed by atoms with E-state index in [2.05, 4.69) is 15.5 Å². The van der Waals surface area contributed by atoms with Crippen LogP contribution in [0.1, 0.15) is 35.4 Å². The summed E-state index contributed by atoms with van der Waals surface area (Å²) in [7, 11) is 0. The molecule has 3 aromatic rings. The Morgan fingerprint density at radius 3 is 2.60 bits per heavy atom. The van der Waals surface area contributed by atoms with Gasteiger partial charge in [0.15, 0.2) is 6.73 Å². The van der Waals surface area contributed by atoms with Crippen molar-refractivity contribution in [3.05, 3.63) is 59.2 Å². The van der Waals surface area contributed by atoms with Crippen molar-refractivity contribution in [3.63, 3.8) is 0 Å². The van der Waals surface area contributed by atoms with Gasteiger partial charge in [0, 0.05) is 0 Å². The molecule has 2 aromatic heterocycles. The number of aryl methyl sites for hydroxylation is 2. The molecule has 1 amide bonds. The minimum atomic E-state index is -3.04. The van der Waals surface area contributed by atoms with Crippen molar-refractivity contribution in [3.8, 4) is 5.75 Å². The maximum absolute atomic E-state index is 13.0. The highest BCUT2D eigenvalue weighted by atomic mass is 19.3. The zero-order valence-electron chi connectivity index (χ0n) is 16.2. The highest BCUT2D eigenvalue weighted by Crippen LogP contribution is 2.25. The molecule has 7 nitrogen and oxygen atoms in total. The third-order valence-corrected chi connectivity index (χ3v) is 4.17. The predicted octanol–water partition coefficient (Wildman–Crippen LogP) is 4.25. The lowest BCUT2D eigenvalue weighted by Gasteiger charge is -2.09. The lowest BCUT2D eigenvalue weighted by atomic mass is 10.1. The Morgan fingerprint density at radius 1 is 1.17 bits per heavy atom. The van der Waals surface area contributed by atoms with Gasteiger partial charge in [0.25, 0.3) is 12.9 Å². The summed E-state index contributed by atoms with van der Waals surface area (Å²) in [6, 6.07) is 6.33. The standard InChI is InChI=1S/C19H19F4N5O2/c1-11-3-4-16(12(2)5-11)30-10-27-8-13(7-24-27)25-17(29)9-28-15(19(22)23)6-14(26-28)18(20)21/h3-8,18-19H,9-10H2,1-2H3,(H,25,29). The summed E-state index contributed by atoms with van der Waals surface area (Å²) >= 11 is 0. The fourth-order valence-electron chi connectivity index (χ4n) is 2.79. The fraction of sp³-hybridized carbons (Fsp3) is 0.316. The van der Waals surface area contributed by atoms with Crippen LogP contribution in [0.25, 0.3) is 0 Å². The molecule has 0 spiro atoms. The van der Waals surface area contributed by atoms with Gasteiger partial charge in [-0.3, -0.25) is 9.48 Å². The van der Waals surface area contributed by atoms with Gasteiger partial charge in [0.2, 0.25) is 5.91 Å². The molecule has 2 heterocycles. The number of hydrogen-bond acceptors (Lipinski definition) is 4. The molecule has 3 rings (SSSR count). The first kappa shape index (κ1) is 21.3. The monoisotopic (exact) mass is 425 g/mol. The van der Waals surface area contributed by atoms with Gasteiger partial charge in [-0.15, -0.1) is 0 Å². The van der Waals surface area contributed by atoms with Crippen LogP contribution in [0.4, 0.5) is 23.2 Å². The lowest BCUT2D eigenvalue weighted by molar-refractivity contribution is -0.117. The van der Waals surface area contributed by atoms with E-state index in [0.29, 0.717) is 22.2 Å². The number of hydrogen-bond donors (Lipinski definition) is 1. The van der Waals surface area contributed by atoms with Crippen LogP contribution in [0.5, 0.6) is 5.75 Å². The molecule has 0 unspecified atom stereocenters. The molecule has 0 aliphatic rings. The quantitative estimate of drug-likeness (QED) is 0.548. The van der Waals surface area contributed by atoms with Crippen molar-refractivity contribution < 1.29 is 27.1 Å². The van der Waals surface area contributed by atoms with E-state index in [9.17, 15) is 22.4 Å². The van der Waals surface area contributed by atoms with Crippen LogP contribution in [0.2, 0.25) is 0 Å². The van der Waals surface area contributed by atoms with Crippen molar-refractivity contribution in [1.82, 2.24) is 19.6 Å². The SMILES string of the molecule is Cc1ccc(OCn2cc(NC(=O)Cn3nc(C(F)F)cc3C(F)F)cn2)c(C)c1. The number of anilines is 1. The fourth-order valence-corrected chi connectivity index (χ4v) is 2.79. The van der Waals surface area contributed by atoms with Crippen molar-refractivity contribution in [2.75, 3.05) is 5.32 Å². The van der Waals surface area contributed by atoms with Crippen molar-refractivity contribution in [2.45, 2.75) is 40.0 Å². The van der Waals surface area contributed by atoms with Gasteiger partial charge >= 0.3 is 0 Å². The maximum Gasteiger partial charge on any atom is 0.282 e. The molecular weight excluding hydrogens is 406 g/mol. The van der Waals surface area contributed by atoms with E-state index < -0.39 is 36.7 Å². The van der Waals surface area contributed by atoms with Gasteiger partial charge in [-0.25, -0.2) is 22.2 Å². The summed E-state index contributed by atoms with van der Waals surface area (Å²) in [6.45, 7) is 3.34. The van der Waals surface area contributed by atoms with Crippen LogP contribution in [0.15, 0.2) is 36.7 Å². The minimum absolute atomic E-state index is 0.0895. The Labute approximate surface area is 169 Å². The first-order valence-corrected chi connectivity index (χ1v) is 8.89. The topological polar surface area (TPSA) is 74.0 Å². The number of rotatable bonds is 8. The number of ether oxygens (including phenoxy) is 1. The Hall–Kier alpha value is -3.37. The molecule has 160 valence electrons. The molecule has 0 radical (unpaired) electrons. The largest absolute Gasteiger partial charge is 0.471 e. The molecule has 0 bridgehead atoms. The third-order valence-electron chi connectivity index (χ3n) is 4.17. The Balaban J connectivity index is 1.60. The van der Waals surface area contributed by atoms with Crippen LogP contribution in [-0.4, -0.2) is 25.5 Å². The molecule has 0 aliphatic carbocycles. The number of aromatic nitrogens is 4.